The van der Waals surface area contributed by atoms with E-state index in [9.17, 15) is 0 Å². The molecule has 0 spiro atoms. The number of ether oxygens (including phenoxy) is 2. The highest BCUT2D eigenvalue weighted by atomic mass is 16.5. The molecule has 0 atom stereocenters. The molecule has 3 aromatic heterocycles. The summed E-state index contributed by atoms with van der Waals surface area (Å²) in [6.07, 6.45) is 12.9. The molecule has 0 unspecified atom stereocenters. The van der Waals surface area contributed by atoms with E-state index >= 15 is 0 Å². The molecule has 10 bridgehead atoms. The molecular formula is C54H64N4O2. The van der Waals surface area contributed by atoms with Gasteiger partial charge in [-0.3, -0.25) is 0 Å². The Labute approximate surface area is 357 Å². The van der Waals surface area contributed by atoms with Crippen LogP contribution < -0.4 is 9.47 Å². The van der Waals surface area contributed by atoms with Crippen LogP contribution in [0, 0.1) is 13.8 Å². The van der Waals surface area contributed by atoms with Crippen LogP contribution in [0.2, 0.25) is 0 Å². The van der Waals surface area contributed by atoms with Crippen LogP contribution in [0.3, 0.4) is 0 Å². The van der Waals surface area contributed by atoms with E-state index in [0.29, 0.717) is 13.2 Å². The van der Waals surface area contributed by atoms with Crippen molar-refractivity contribution in [3.8, 4) is 33.8 Å². The Morgan fingerprint density at radius 1 is 0.500 bits per heavy atom. The number of hydrogen-bond donors (Lipinski definition) is 2. The van der Waals surface area contributed by atoms with Crippen LogP contribution in [-0.4, -0.2) is 33.1 Å². The quantitative estimate of drug-likeness (QED) is 0.190. The van der Waals surface area contributed by atoms with Gasteiger partial charge >= 0.3 is 0 Å². The smallest absolute Gasteiger partial charge is 0.127 e. The number of aryl methyl sites for hydroxylation is 4. The molecule has 5 aromatic rings. The number of nitrogens with one attached hydrogen (secondary N) is 2. The summed E-state index contributed by atoms with van der Waals surface area (Å²) in [6, 6.07) is 21.9. The van der Waals surface area contributed by atoms with Gasteiger partial charge in [0.1, 0.15) is 11.5 Å². The fraction of sp³-hybridized carbons (Fsp3) is 0.407. The lowest BCUT2D eigenvalue weighted by Crippen LogP contribution is -2.00. The lowest BCUT2D eigenvalue weighted by atomic mass is 9.94. The summed E-state index contributed by atoms with van der Waals surface area (Å²) in [5.41, 5.74) is 22.8. The van der Waals surface area contributed by atoms with Gasteiger partial charge in [0.25, 0.3) is 0 Å². The fourth-order valence-electron chi connectivity index (χ4n) is 10.1. The maximum atomic E-state index is 6.75. The van der Waals surface area contributed by atoms with E-state index in [0.717, 1.165) is 117 Å². The van der Waals surface area contributed by atoms with Crippen LogP contribution in [0.4, 0.5) is 0 Å². The molecule has 0 fully saturated rings. The number of para-hydroxylation sites is 2. The van der Waals surface area contributed by atoms with Crippen molar-refractivity contribution in [2.45, 2.75) is 132 Å². The van der Waals surface area contributed by atoms with Gasteiger partial charge in [0, 0.05) is 33.3 Å². The Kier molecular flexibility index (Phi) is 12.5. The van der Waals surface area contributed by atoms with Crippen LogP contribution in [0.1, 0.15) is 151 Å². The lowest BCUT2D eigenvalue weighted by Gasteiger charge is -2.14. The number of allylic oxidation sites excluding steroid dienone is 4. The van der Waals surface area contributed by atoms with Gasteiger partial charge in [-0.25, -0.2) is 9.97 Å². The largest absolute Gasteiger partial charge is 0.493 e. The van der Waals surface area contributed by atoms with Gasteiger partial charge in [-0.1, -0.05) is 103 Å². The Hall–Kier alpha value is -5.36. The van der Waals surface area contributed by atoms with E-state index in [1.807, 2.05) is 0 Å². The fourth-order valence-corrected chi connectivity index (χ4v) is 10.1. The minimum absolute atomic E-state index is 0.691. The van der Waals surface area contributed by atoms with Crippen molar-refractivity contribution in [1.82, 2.24) is 19.9 Å². The zero-order valence-corrected chi connectivity index (χ0v) is 37.4. The van der Waals surface area contributed by atoms with Crippen molar-refractivity contribution < 1.29 is 9.47 Å². The number of fused-ring (bicyclic) bond motifs is 11. The molecule has 6 nitrogen and oxygen atoms in total. The second-order valence-corrected chi connectivity index (χ2v) is 16.9. The molecule has 0 aliphatic carbocycles. The molecule has 4 aliphatic heterocycles. The Balaban J connectivity index is 1.57. The highest BCUT2D eigenvalue weighted by Crippen LogP contribution is 2.46. The van der Waals surface area contributed by atoms with Crippen molar-refractivity contribution in [1.29, 1.82) is 0 Å². The predicted octanol–water partition coefficient (Wildman–Crippen LogP) is 15.0. The van der Waals surface area contributed by atoms with E-state index in [1.165, 1.54) is 83.1 Å². The minimum atomic E-state index is 0.691. The van der Waals surface area contributed by atoms with Crippen molar-refractivity contribution >= 4 is 44.4 Å². The third kappa shape index (κ3) is 7.63. The number of benzene rings is 2. The highest BCUT2D eigenvalue weighted by molar-refractivity contribution is 6.04. The van der Waals surface area contributed by atoms with Crippen LogP contribution in [0.25, 0.3) is 66.6 Å². The molecule has 0 saturated carbocycles. The average molecular weight is 801 g/mol. The number of rotatable bonds is 4. The monoisotopic (exact) mass is 801 g/mol. The lowest BCUT2D eigenvalue weighted by molar-refractivity contribution is 0.302. The molecule has 9 rings (SSSR count). The zero-order valence-electron chi connectivity index (χ0n) is 37.4. The van der Waals surface area contributed by atoms with Gasteiger partial charge in [0.15, 0.2) is 0 Å². The number of aromatic nitrogens is 4. The summed E-state index contributed by atoms with van der Waals surface area (Å²) in [7, 11) is 0. The Morgan fingerprint density at radius 2 is 0.883 bits per heavy atom. The number of hydrogen-bond acceptors (Lipinski definition) is 4. The Morgan fingerprint density at radius 3 is 1.27 bits per heavy atom. The molecule has 0 radical (unpaired) electrons. The predicted molar refractivity (Wildman–Crippen MR) is 254 cm³/mol. The van der Waals surface area contributed by atoms with E-state index < -0.39 is 0 Å². The number of H-pyrrole nitrogens is 2. The number of aromatic amines is 2. The molecule has 0 amide bonds. The topological polar surface area (TPSA) is 75.8 Å². The molecule has 2 aromatic carbocycles. The molecule has 60 heavy (non-hydrogen) atoms. The maximum Gasteiger partial charge on any atom is 0.127 e. The second kappa shape index (κ2) is 18.1. The van der Waals surface area contributed by atoms with Crippen LogP contribution in [-0.2, 0) is 12.8 Å². The first-order valence-corrected chi connectivity index (χ1v) is 22.9. The van der Waals surface area contributed by atoms with E-state index in [-0.39, 0.29) is 0 Å². The average Bonchev–Trinajstić information content (AvgIpc) is 3.94. The first-order chi connectivity index (χ1) is 29.3. The summed E-state index contributed by atoms with van der Waals surface area (Å²) in [5.74, 6) is 1.82. The summed E-state index contributed by atoms with van der Waals surface area (Å²) < 4.78 is 13.5. The minimum Gasteiger partial charge on any atom is -0.493 e. The Bertz CT molecular complexity index is 2470. The first-order valence-electron chi connectivity index (χ1n) is 22.9. The standard InChI is InChI=1S/C54H64N4O2/c1-9-37-33(5)51-49-41-25-19-21-27-47(41)59-29-23-17-15-13-14-16-18-24-30-60-48-28-22-20-26-42(48)50(53-34(6)38(10-2)44(56-53)31-43(37)55-51)54-36(8)40(12-4)46(58-54)32-45-39(11-3)35(7)52(49)57-45/h19-22,25-28,31-32,55,58H,9-18,23-24,29-30H2,1-8H3. The first kappa shape index (κ1) is 41.4. The molecular weight excluding hydrogens is 737 g/mol. The summed E-state index contributed by atoms with van der Waals surface area (Å²) in [4.78, 5) is 19.3. The van der Waals surface area contributed by atoms with Crippen molar-refractivity contribution in [3.63, 3.8) is 0 Å². The highest BCUT2D eigenvalue weighted by Gasteiger charge is 2.27. The van der Waals surface area contributed by atoms with Crippen molar-refractivity contribution in [3.05, 3.63) is 106 Å². The second-order valence-electron chi connectivity index (χ2n) is 16.9. The molecule has 4 aliphatic rings. The van der Waals surface area contributed by atoms with Crippen molar-refractivity contribution in [2.24, 2.45) is 0 Å². The maximum absolute atomic E-state index is 6.75. The third-order valence-electron chi connectivity index (χ3n) is 13.3. The van der Waals surface area contributed by atoms with Gasteiger partial charge in [-0.2, -0.15) is 0 Å². The van der Waals surface area contributed by atoms with Gasteiger partial charge in [0.05, 0.1) is 47.0 Å². The van der Waals surface area contributed by atoms with Crippen LogP contribution >= 0.6 is 0 Å². The summed E-state index contributed by atoms with van der Waals surface area (Å²) >= 11 is 0. The van der Waals surface area contributed by atoms with E-state index in [4.69, 9.17) is 19.4 Å². The summed E-state index contributed by atoms with van der Waals surface area (Å²) in [6.45, 7) is 19.5. The van der Waals surface area contributed by atoms with E-state index in [1.54, 1.807) is 0 Å². The van der Waals surface area contributed by atoms with Gasteiger partial charge < -0.3 is 19.4 Å². The summed E-state index contributed by atoms with van der Waals surface area (Å²) in [5, 5.41) is 0. The molecule has 6 heteroatoms. The van der Waals surface area contributed by atoms with Gasteiger partial charge in [-0.05, 0) is 135 Å². The molecule has 7 heterocycles. The van der Waals surface area contributed by atoms with Gasteiger partial charge in [-0.15, -0.1) is 0 Å². The van der Waals surface area contributed by atoms with Crippen molar-refractivity contribution in [2.75, 3.05) is 13.2 Å². The van der Waals surface area contributed by atoms with Crippen LogP contribution in [0.15, 0.2) is 60.7 Å². The third-order valence-corrected chi connectivity index (χ3v) is 13.3. The van der Waals surface area contributed by atoms with Crippen LogP contribution in [0.5, 0.6) is 11.5 Å². The van der Waals surface area contributed by atoms with E-state index in [2.05, 4.69) is 126 Å². The number of nitrogens with zero attached hydrogens (tertiary/aromatic N) is 2. The normalized spacial score (nSPS) is 15.4. The molecule has 2 N–H and O–H groups in total. The zero-order chi connectivity index (χ0) is 41.9. The van der Waals surface area contributed by atoms with Gasteiger partial charge in [0.2, 0.25) is 0 Å². The molecule has 0 saturated heterocycles. The SMILES string of the molecule is CCC1=C(C)c2nc1cc1[nH]c(c(C)c1CC)c1c3nc(cc4[nH]c(c(C)c4CC)c2-c2ccccc2OCCCCCCCCCCOc2ccccc2-1)C(CC)=C3C. The molecule has 312 valence electrons.